The van der Waals surface area contributed by atoms with E-state index in [2.05, 4.69) is 14.6 Å². The molecular formula is C11H16N4OS. The molecule has 0 bridgehead atoms. The van der Waals surface area contributed by atoms with Gasteiger partial charge in [-0.15, -0.1) is 0 Å². The van der Waals surface area contributed by atoms with Gasteiger partial charge in [0, 0.05) is 18.7 Å². The molecule has 0 aromatic carbocycles. The first kappa shape index (κ1) is 10.8. The number of aromatic nitrogens is 1. The first-order chi connectivity index (χ1) is 8.18. The van der Waals surface area contributed by atoms with E-state index in [-0.39, 0.29) is 17.9 Å². The summed E-state index contributed by atoms with van der Waals surface area (Å²) in [6.07, 6.45) is 2.06. The number of rotatable bonds is 1. The van der Waals surface area contributed by atoms with Gasteiger partial charge in [0.05, 0.1) is 12.0 Å². The number of nitrogens with zero attached hydrogens (tertiary/aromatic N) is 2. The van der Waals surface area contributed by atoms with Crippen molar-refractivity contribution >= 4 is 28.3 Å². The van der Waals surface area contributed by atoms with Gasteiger partial charge >= 0.3 is 0 Å². The second kappa shape index (κ2) is 3.87. The number of hydrogen-bond acceptors (Lipinski definition) is 5. The third-order valence-electron chi connectivity index (χ3n) is 3.80. The molecule has 1 amide bonds. The number of hydrogen-bond donors (Lipinski definition) is 2. The van der Waals surface area contributed by atoms with Crippen LogP contribution in [0, 0.1) is 12.8 Å². The molecular weight excluding hydrogens is 236 g/mol. The smallest absolute Gasteiger partial charge is 0.225 e. The Kier molecular flexibility index (Phi) is 2.47. The monoisotopic (exact) mass is 252 g/mol. The van der Waals surface area contributed by atoms with Crippen LogP contribution in [0.4, 0.5) is 10.8 Å². The van der Waals surface area contributed by atoms with Gasteiger partial charge in [-0.05, 0) is 31.3 Å². The lowest BCUT2D eigenvalue weighted by molar-refractivity contribution is -0.122. The number of nitrogens with two attached hydrogens (primary N) is 1. The van der Waals surface area contributed by atoms with Crippen LogP contribution >= 0.6 is 11.5 Å². The lowest BCUT2D eigenvalue weighted by atomic mass is 9.91. The highest BCUT2D eigenvalue weighted by Crippen LogP contribution is 2.37. The van der Waals surface area contributed by atoms with Crippen LogP contribution in [0.1, 0.15) is 18.4 Å². The number of nitrogens with one attached hydrogen (secondary N) is 1. The number of nitrogen functional groups attached to an aromatic ring is 1. The minimum atomic E-state index is 0.145. The summed E-state index contributed by atoms with van der Waals surface area (Å²) >= 11 is 1.44. The molecule has 2 aliphatic rings. The van der Waals surface area contributed by atoms with E-state index in [0.29, 0.717) is 5.82 Å². The molecule has 17 heavy (non-hydrogen) atoms. The van der Waals surface area contributed by atoms with Crippen molar-refractivity contribution in [2.45, 2.75) is 25.8 Å². The van der Waals surface area contributed by atoms with Crippen molar-refractivity contribution in [1.29, 1.82) is 0 Å². The van der Waals surface area contributed by atoms with Crippen molar-refractivity contribution in [3.8, 4) is 0 Å². The van der Waals surface area contributed by atoms with Gasteiger partial charge in [0.1, 0.15) is 10.8 Å². The van der Waals surface area contributed by atoms with Gasteiger partial charge in [0.15, 0.2) is 0 Å². The molecule has 2 saturated heterocycles. The number of carbonyl (C=O) groups is 1. The summed E-state index contributed by atoms with van der Waals surface area (Å²) in [5, 5.41) is 4.09. The second-order valence-electron chi connectivity index (χ2n) is 4.75. The van der Waals surface area contributed by atoms with E-state index in [1.165, 1.54) is 11.5 Å². The number of anilines is 2. The molecule has 3 rings (SSSR count). The van der Waals surface area contributed by atoms with Crippen molar-refractivity contribution in [1.82, 2.24) is 9.69 Å². The summed E-state index contributed by atoms with van der Waals surface area (Å²) in [5.41, 5.74) is 6.85. The molecule has 0 radical (unpaired) electrons. The normalized spacial score (nSPS) is 28.1. The molecule has 3 heterocycles. The van der Waals surface area contributed by atoms with E-state index in [1.807, 2.05) is 6.92 Å². The molecule has 92 valence electrons. The maximum atomic E-state index is 11.7. The predicted molar refractivity (Wildman–Crippen MR) is 68.1 cm³/mol. The third kappa shape index (κ3) is 1.58. The Morgan fingerprint density at radius 2 is 2.41 bits per heavy atom. The van der Waals surface area contributed by atoms with E-state index in [9.17, 15) is 4.79 Å². The molecule has 2 atom stereocenters. The van der Waals surface area contributed by atoms with E-state index in [0.717, 1.165) is 36.5 Å². The summed E-state index contributed by atoms with van der Waals surface area (Å²) in [6.45, 7) is 3.75. The lowest BCUT2D eigenvalue weighted by Gasteiger charge is -2.36. The topological polar surface area (TPSA) is 71.2 Å². The molecule has 2 fully saturated rings. The number of piperidine rings is 1. The number of fused-ring (bicyclic) bond motifs is 1. The zero-order valence-electron chi connectivity index (χ0n) is 9.77. The maximum absolute atomic E-state index is 11.7. The summed E-state index contributed by atoms with van der Waals surface area (Å²) in [5.74, 6) is 0.964. The third-order valence-corrected chi connectivity index (χ3v) is 4.80. The van der Waals surface area contributed by atoms with Crippen LogP contribution in [-0.2, 0) is 4.79 Å². The van der Waals surface area contributed by atoms with Gasteiger partial charge in [0.25, 0.3) is 0 Å². The van der Waals surface area contributed by atoms with Gasteiger partial charge in [-0.3, -0.25) is 4.79 Å². The van der Waals surface area contributed by atoms with E-state index in [4.69, 9.17) is 5.73 Å². The van der Waals surface area contributed by atoms with Gasteiger partial charge in [-0.25, -0.2) is 0 Å². The Hall–Kier alpha value is -1.30. The number of carbonyl (C=O) groups excluding carboxylic acids is 1. The molecule has 1 aromatic heterocycles. The molecule has 0 saturated carbocycles. The summed E-state index contributed by atoms with van der Waals surface area (Å²) < 4.78 is 4.20. The van der Waals surface area contributed by atoms with Crippen LogP contribution in [0.5, 0.6) is 0 Å². The van der Waals surface area contributed by atoms with Crippen molar-refractivity contribution < 1.29 is 4.79 Å². The average Bonchev–Trinajstić information content (AvgIpc) is 2.86. The first-order valence-electron chi connectivity index (χ1n) is 5.94. The fraction of sp³-hybridized carbons (Fsp3) is 0.636. The highest BCUT2D eigenvalue weighted by atomic mass is 32.1. The Bertz CT molecular complexity index is 458. The average molecular weight is 252 g/mol. The van der Waals surface area contributed by atoms with E-state index in [1.54, 1.807) is 0 Å². The molecule has 2 unspecified atom stereocenters. The van der Waals surface area contributed by atoms with Crippen LogP contribution in [0.2, 0.25) is 0 Å². The molecule has 1 aromatic rings. The molecule has 6 heteroatoms. The number of amides is 1. The van der Waals surface area contributed by atoms with Crippen LogP contribution < -0.4 is 16.0 Å². The maximum Gasteiger partial charge on any atom is 0.225 e. The lowest BCUT2D eigenvalue weighted by Crippen LogP contribution is -2.45. The Morgan fingerprint density at radius 1 is 1.59 bits per heavy atom. The van der Waals surface area contributed by atoms with Crippen LogP contribution in [0.3, 0.4) is 0 Å². The quantitative estimate of drug-likeness (QED) is 0.773. The van der Waals surface area contributed by atoms with E-state index >= 15 is 0 Å². The zero-order valence-corrected chi connectivity index (χ0v) is 10.6. The van der Waals surface area contributed by atoms with Crippen LogP contribution in [0.15, 0.2) is 0 Å². The Morgan fingerprint density at radius 3 is 3.12 bits per heavy atom. The summed E-state index contributed by atoms with van der Waals surface area (Å²) in [6, 6.07) is 0.287. The fourth-order valence-corrected chi connectivity index (χ4v) is 3.71. The van der Waals surface area contributed by atoms with Crippen molar-refractivity contribution in [2.24, 2.45) is 5.92 Å². The van der Waals surface area contributed by atoms with Gasteiger partial charge in [0.2, 0.25) is 5.91 Å². The minimum absolute atomic E-state index is 0.145. The van der Waals surface area contributed by atoms with Crippen molar-refractivity contribution in [3.63, 3.8) is 0 Å². The highest BCUT2D eigenvalue weighted by Gasteiger charge is 2.41. The SMILES string of the molecule is Cc1c(N)nsc1N1CCCC2C(=O)NCC21. The Labute approximate surface area is 104 Å². The Balaban J connectivity index is 1.93. The minimum Gasteiger partial charge on any atom is -0.383 e. The molecule has 3 N–H and O–H groups in total. The zero-order chi connectivity index (χ0) is 12.0. The highest BCUT2D eigenvalue weighted by molar-refractivity contribution is 7.10. The van der Waals surface area contributed by atoms with Crippen LogP contribution in [0.25, 0.3) is 0 Å². The van der Waals surface area contributed by atoms with Gasteiger partial charge in [-0.2, -0.15) is 4.37 Å². The summed E-state index contributed by atoms with van der Waals surface area (Å²) in [4.78, 5) is 14.0. The summed E-state index contributed by atoms with van der Waals surface area (Å²) in [7, 11) is 0. The molecule has 2 aliphatic heterocycles. The largest absolute Gasteiger partial charge is 0.383 e. The van der Waals surface area contributed by atoms with Crippen LogP contribution in [-0.4, -0.2) is 29.4 Å². The van der Waals surface area contributed by atoms with Gasteiger partial charge in [-0.1, -0.05) is 0 Å². The predicted octanol–water partition coefficient (Wildman–Crippen LogP) is 0.749. The van der Waals surface area contributed by atoms with E-state index < -0.39 is 0 Å². The molecule has 0 aliphatic carbocycles. The molecule has 5 nitrogen and oxygen atoms in total. The molecule has 0 spiro atoms. The van der Waals surface area contributed by atoms with Crippen molar-refractivity contribution in [3.05, 3.63) is 5.56 Å². The van der Waals surface area contributed by atoms with Gasteiger partial charge < -0.3 is 16.0 Å². The van der Waals surface area contributed by atoms with Crippen molar-refractivity contribution in [2.75, 3.05) is 23.7 Å². The fourth-order valence-electron chi connectivity index (χ4n) is 2.81. The first-order valence-corrected chi connectivity index (χ1v) is 6.72. The standard InChI is InChI=1S/C11H16N4OS/c1-6-9(12)14-17-11(6)15-4-2-3-7-8(15)5-13-10(7)16/h7-8H,2-5H2,1H3,(H2,12,14)(H,13,16). The second-order valence-corrected chi connectivity index (χ2v) is 5.50.